The number of nitrogens with zero attached hydrogens (tertiary/aromatic N) is 1. The van der Waals surface area contributed by atoms with E-state index in [2.05, 4.69) is 0 Å². The maximum atomic E-state index is 11.7. The Morgan fingerprint density at radius 2 is 1.88 bits per heavy atom. The van der Waals surface area contributed by atoms with Crippen molar-refractivity contribution in [2.45, 2.75) is 33.1 Å². The van der Waals surface area contributed by atoms with Crippen LogP contribution in [0.4, 0.5) is 0 Å². The molecule has 6 nitrogen and oxygen atoms in total. The van der Waals surface area contributed by atoms with Crippen LogP contribution >= 0.6 is 0 Å². The molecule has 1 saturated heterocycles. The first-order chi connectivity index (χ1) is 8.10. The van der Waals surface area contributed by atoms with E-state index in [9.17, 15) is 14.4 Å². The summed E-state index contributed by atoms with van der Waals surface area (Å²) in [4.78, 5) is 39.0. The second-order valence-electron chi connectivity index (χ2n) is 3.76. The molecular weight excluding hydrogens is 226 g/mol. The quantitative estimate of drug-likeness (QED) is 0.641. The molecule has 0 aromatic rings. The van der Waals surface area contributed by atoms with Crippen LogP contribution in [0.1, 0.15) is 33.1 Å². The van der Waals surface area contributed by atoms with Crippen molar-refractivity contribution in [2.75, 3.05) is 13.2 Å². The lowest BCUT2D eigenvalue weighted by Crippen LogP contribution is -2.35. The molecule has 1 unspecified atom stereocenters. The second-order valence-corrected chi connectivity index (χ2v) is 3.76. The van der Waals surface area contributed by atoms with E-state index in [4.69, 9.17) is 9.57 Å². The van der Waals surface area contributed by atoms with Gasteiger partial charge in [0.1, 0.15) is 0 Å². The second kappa shape index (κ2) is 6.34. The predicted molar refractivity (Wildman–Crippen MR) is 57.5 cm³/mol. The summed E-state index contributed by atoms with van der Waals surface area (Å²) in [5.74, 6) is -1.97. The third-order valence-electron chi connectivity index (χ3n) is 2.54. The van der Waals surface area contributed by atoms with E-state index < -0.39 is 23.7 Å². The molecule has 1 rings (SSSR count). The average molecular weight is 243 g/mol. The van der Waals surface area contributed by atoms with Gasteiger partial charge in [-0.3, -0.25) is 9.59 Å². The summed E-state index contributed by atoms with van der Waals surface area (Å²) < 4.78 is 5.14. The highest BCUT2D eigenvalue weighted by molar-refractivity contribution is 6.01. The van der Waals surface area contributed by atoms with Gasteiger partial charge in [-0.2, -0.15) is 0 Å². The molecule has 1 atom stereocenters. The minimum absolute atomic E-state index is 0.106. The summed E-state index contributed by atoms with van der Waals surface area (Å²) in [6, 6.07) is 0. The van der Waals surface area contributed by atoms with E-state index in [-0.39, 0.29) is 19.4 Å². The van der Waals surface area contributed by atoms with Crippen LogP contribution in [-0.2, 0) is 24.0 Å². The van der Waals surface area contributed by atoms with E-state index in [0.717, 1.165) is 0 Å². The molecule has 0 N–H and O–H groups in total. The van der Waals surface area contributed by atoms with Crippen LogP contribution in [0.15, 0.2) is 0 Å². The normalized spacial score (nSPS) is 17.4. The molecule has 0 saturated carbocycles. The van der Waals surface area contributed by atoms with Gasteiger partial charge in [0.25, 0.3) is 11.8 Å². The molecule has 0 spiro atoms. The number of hydrogen-bond donors (Lipinski definition) is 0. The van der Waals surface area contributed by atoms with Crippen molar-refractivity contribution in [2.24, 2.45) is 5.92 Å². The van der Waals surface area contributed by atoms with Gasteiger partial charge in [-0.1, -0.05) is 6.92 Å². The number of ether oxygens (including phenoxy) is 1. The molecular formula is C11H17NO5. The zero-order chi connectivity index (χ0) is 12.8. The Kier molecular flexibility index (Phi) is 5.09. The first kappa shape index (κ1) is 13.6. The number of hydrogen-bond acceptors (Lipinski definition) is 5. The first-order valence-electron chi connectivity index (χ1n) is 5.75. The van der Waals surface area contributed by atoms with E-state index in [1.165, 1.54) is 0 Å². The van der Waals surface area contributed by atoms with E-state index >= 15 is 0 Å². The van der Waals surface area contributed by atoms with Crippen LogP contribution in [0, 0.1) is 5.92 Å². The highest BCUT2D eigenvalue weighted by Crippen LogP contribution is 2.15. The van der Waals surface area contributed by atoms with E-state index in [1.54, 1.807) is 0 Å². The van der Waals surface area contributed by atoms with Crippen molar-refractivity contribution in [1.29, 1.82) is 0 Å². The van der Waals surface area contributed by atoms with Gasteiger partial charge in [0.05, 0.1) is 12.5 Å². The molecule has 0 aromatic carbocycles. The Bertz CT molecular complexity index is 299. The van der Waals surface area contributed by atoms with Gasteiger partial charge >= 0.3 is 5.97 Å². The van der Waals surface area contributed by atoms with Crippen molar-refractivity contribution >= 4 is 17.8 Å². The average Bonchev–Trinajstić information content (AvgIpc) is 2.62. The van der Waals surface area contributed by atoms with Crippen LogP contribution in [0.5, 0.6) is 0 Å². The van der Waals surface area contributed by atoms with E-state index in [1.807, 2.05) is 13.8 Å². The first-order valence-corrected chi connectivity index (χ1v) is 5.75. The Hall–Kier alpha value is -1.43. The van der Waals surface area contributed by atoms with Crippen LogP contribution < -0.4 is 0 Å². The predicted octanol–water partition coefficient (Wildman–Crippen LogP) is 0.656. The minimum Gasteiger partial charge on any atom is -0.381 e. The van der Waals surface area contributed by atoms with Gasteiger partial charge in [0.2, 0.25) is 0 Å². The lowest BCUT2D eigenvalue weighted by Gasteiger charge is -2.17. The summed E-state index contributed by atoms with van der Waals surface area (Å²) in [6.07, 6.45) is 0.748. The topological polar surface area (TPSA) is 72.9 Å². The summed E-state index contributed by atoms with van der Waals surface area (Å²) in [7, 11) is 0. The van der Waals surface area contributed by atoms with Gasteiger partial charge in [-0.15, -0.1) is 5.06 Å². The van der Waals surface area contributed by atoms with Crippen molar-refractivity contribution in [3.05, 3.63) is 0 Å². The maximum absolute atomic E-state index is 11.7. The van der Waals surface area contributed by atoms with Crippen molar-refractivity contribution in [3.63, 3.8) is 0 Å². The van der Waals surface area contributed by atoms with Crippen LogP contribution in [-0.4, -0.2) is 36.1 Å². The van der Waals surface area contributed by atoms with Crippen molar-refractivity contribution in [3.8, 4) is 0 Å². The molecule has 0 aliphatic carbocycles. The highest BCUT2D eigenvalue weighted by atomic mass is 16.7. The molecule has 6 heteroatoms. The Morgan fingerprint density at radius 3 is 2.35 bits per heavy atom. The zero-order valence-electron chi connectivity index (χ0n) is 10.1. The van der Waals surface area contributed by atoms with Gasteiger partial charge in [-0.05, 0) is 13.3 Å². The molecule has 0 aromatic heterocycles. The monoisotopic (exact) mass is 243 g/mol. The van der Waals surface area contributed by atoms with Crippen LogP contribution in [0.3, 0.4) is 0 Å². The largest absolute Gasteiger partial charge is 0.381 e. The van der Waals surface area contributed by atoms with Gasteiger partial charge in [0.15, 0.2) is 0 Å². The lowest BCUT2D eigenvalue weighted by atomic mass is 10.1. The minimum atomic E-state index is -0.593. The number of rotatable bonds is 6. The van der Waals surface area contributed by atoms with Gasteiger partial charge in [-0.25, -0.2) is 4.79 Å². The fourth-order valence-corrected chi connectivity index (χ4v) is 1.44. The Morgan fingerprint density at radius 1 is 1.29 bits per heavy atom. The summed E-state index contributed by atoms with van der Waals surface area (Å²) >= 11 is 0. The van der Waals surface area contributed by atoms with E-state index in [0.29, 0.717) is 18.1 Å². The summed E-state index contributed by atoms with van der Waals surface area (Å²) in [6.45, 7) is 4.39. The molecule has 0 radical (unpaired) electrons. The number of amides is 2. The molecule has 0 bridgehead atoms. The lowest BCUT2D eigenvalue weighted by molar-refractivity contribution is -0.201. The fourth-order valence-electron chi connectivity index (χ4n) is 1.44. The zero-order valence-corrected chi connectivity index (χ0v) is 10.1. The maximum Gasteiger partial charge on any atom is 0.338 e. The standard InChI is InChI=1S/C11H17NO5/c1-3-8(7-16-4-2)11(15)17-12-9(13)5-6-10(12)14/h8H,3-7H2,1-2H3. The van der Waals surface area contributed by atoms with Crippen molar-refractivity contribution < 1.29 is 24.0 Å². The van der Waals surface area contributed by atoms with Crippen LogP contribution in [0.2, 0.25) is 0 Å². The molecule has 1 aliphatic heterocycles. The van der Waals surface area contributed by atoms with Crippen molar-refractivity contribution in [1.82, 2.24) is 5.06 Å². The molecule has 1 heterocycles. The summed E-state index contributed by atoms with van der Waals surface area (Å²) in [5.41, 5.74) is 0. The number of imide groups is 1. The number of hydroxylamine groups is 2. The molecule has 1 aliphatic rings. The molecule has 17 heavy (non-hydrogen) atoms. The van der Waals surface area contributed by atoms with Gasteiger partial charge in [0, 0.05) is 19.4 Å². The fraction of sp³-hybridized carbons (Fsp3) is 0.727. The third-order valence-corrected chi connectivity index (χ3v) is 2.54. The summed E-state index contributed by atoms with van der Waals surface area (Å²) in [5, 5.41) is 0.566. The molecule has 1 fully saturated rings. The number of carbonyl (C=O) groups excluding carboxylic acids is 3. The molecule has 2 amide bonds. The third kappa shape index (κ3) is 3.52. The Labute approximate surface area is 99.8 Å². The highest BCUT2D eigenvalue weighted by Gasteiger charge is 2.34. The Balaban J connectivity index is 2.51. The number of carbonyl (C=O) groups is 3. The molecule has 96 valence electrons. The SMILES string of the molecule is CCOCC(CC)C(=O)ON1C(=O)CCC1=O. The van der Waals surface area contributed by atoms with Crippen LogP contribution in [0.25, 0.3) is 0 Å². The van der Waals surface area contributed by atoms with Gasteiger partial charge < -0.3 is 9.57 Å². The smallest absolute Gasteiger partial charge is 0.338 e.